The summed E-state index contributed by atoms with van der Waals surface area (Å²) < 4.78 is 0. The molecule has 1 amide bonds. The van der Waals surface area contributed by atoms with Crippen molar-refractivity contribution in [3.63, 3.8) is 0 Å². The number of hydrogen-bond acceptors (Lipinski definition) is 3. The number of rotatable bonds is 6. The molecule has 0 aromatic heterocycles. The number of nitrogens with one attached hydrogen (secondary N) is 1. The zero-order valence-corrected chi connectivity index (χ0v) is 13.3. The molecule has 120 valence electrons. The molecule has 2 rings (SSSR count). The van der Waals surface area contributed by atoms with Gasteiger partial charge in [0.25, 0.3) is 5.91 Å². The number of ketones is 1. The highest BCUT2D eigenvalue weighted by atomic mass is 16.3. The number of aliphatic hydroxyl groups excluding tert-OH is 1. The van der Waals surface area contributed by atoms with Crippen molar-refractivity contribution in [1.29, 1.82) is 0 Å². The van der Waals surface area contributed by atoms with E-state index in [1.807, 2.05) is 24.3 Å². The molecule has 0 aliphatic rings. The van der Waals surface area contributed by atoms with Gasteiger partial charge >= 0.3 is 0 Å². The molecule has 0 aliphatic heterocycles. The second-order valence-electron chi connectivity index (χ2n) is 5.73. The Labute approximate surface area is 136 Å². The second-order valence-corrected chi connectivity index (χ2v) is 5.73. The van der Waals surface area contributed by atoms with Gasteiger partial charge in [-0.2, -0.15) is 0 Å². The Balaban J connectivity index is 2.27. The third-order valence-corrected chi connectivity index (χ3v) is 3.66. The lowest BCUT2D eigenvalue weighted by atomic mass is 9.93. The van der Waals surface area contributed by atoms with E-state index in [1.165, 1.54) is 0 Å². The van der Waals surface area contributed by atoms with E-state index in [9.17, 15) is 14.7 Å². The minimum absolute atomic E-state index is 0.299. The molecule has 0 fully saturated rings. The topological polar surface area (TPSA) is 66.4 Å². The Morgan fingerprint density at radius 2 is 1.43 bits per heavy atom. The minimum Gasteiger partial charge on any atom is -0.383 e. The zero-order valence-electron chi connectivity index (χ0n) is 13.3. The van der Waals surface area contributed by atoms with Crippen molar-refractivity contribution in [3.8, 4) is 0 Å². The molecule has 0 aliphatic carbocycles. The van der Waals surface area contributed by atoms with E-state index in [0.717, 1.165) is 0 Å². The van der Waals surface area contributed by atoms with Crippen LogP contribution in [0.2, 0.25) is 0 Å². The van der Waals surface area contributed by atoms with Crippen LogP contribution in [0, 0.1) is 5.92 Å². The van der Waals surface area contributed by atoms with Crippen molar-refractivity contribution in [2.45, 2.75) is 26.0 Å². The zero-order chi connectivity index (χ0) is 16.8. The Kier molecular flexibility index (Phi) is 5.66. The summed E-state index contributed by atoms with van der Waals surface area (Å²) in [7, 11) is 0. The van der Waals surface area contributed by atoms with Crippen LogP contribution < -0.4 is 5.32 Å². The van der Waals surface area contributed by atoms with E-state index >= 15 is 0 Å². The summed E-state index contributed by atoms with van der Waals surface area (Å²) in [5, 5.41) is 13.2. The highest BCUT2D eigenvalue weighted by Crippen LogP contribution is 2.20. The van der Waals surface area contributed by atoms with Crippen LogP contribution in [0.15, 0.2) is 60.7 Å². The molecule has 2 unspecified atom stereocenters. The first-order valence-corrected chi connectivity index (χ1v) is 7.63. The molecule has 0 radical (unpaired) electrons. The SMILES string of the molecule is CC(C)C(=O)C(O)C(NC(=O)c1ccccc1)c1ccccc1. The van der Waals surface area contributed by atoms with Gasteiger partial charge in [0.05, 0.1) is 6.04 Å². The van der Waals surface area contributed by atoms with Gasteiger partial charge < -0.3 is 10.4 Å². The molecule has 2 aromatic rings. The molecule has 0 saturated carbocycles. The average Bonchev–Trinajstić information content (AvgIpc) is 2.59. The van der Waals surface area contributed by atoms with Crippen molar-refractivity contribution < 1.29 is 14.7 Å². The Bertz CT molecular complexity index is 653. The van der Waals surface area contributed by atoms with Crippen LogP contribution in [0.1, 0.15) is 35.8 Å². The van der Waals surface area contributed by atoms with Crippen LogP contribution in [-0.2, 0) is 4.79 Å². The van der Waals surface area contributed by atoms with Crippen molar-refractivity contribution in [1.82, 2.24) is 5.32 Å². The summed E-state index contributed by atoms with van der Waals surface area (Å²) in [6.45, 7) is 3.46. The summed E-state index contributed by atoms with van der Waals surface area (Å²) in [6, 6.07) is 17.0. The maximum absolute atomic E-state index is 12.4. The molecule has 4 heteroatoms. The van der Waals surface area contributed by atoms with E-state index < -0.39 is 12.1 Å². The van der Waals surface area contributed by atoms with Crippen molar-refractivity contribution in [3.05, 3.63) is 71.8 Å². The van der Waals surface area contributed by atoms with Crippen LogP contribution in [-0.4, -0.2) is 22.9 Å². The highest BCUT2D eigenvalue weighted by Gasteiger charge is 2.30. The first kappa shape index (κ1) is 16.9. The molecule has 0 spiro atoms. The molecule has 2 aromatic carbocycles. The van der Waals surface area contributed by atoms with Gasteiger partial charge in [-0.15, -0.1) is 0 Å². The fourth-order valence-electron chi connectivity index (χ4n) is 2.32. The van der Waals surface area contributed by atoms with Gasteiger partial charge in [-0.1, -0.05) is 62.4 Å². The third-order valence-electron chi connectivity index (χ3n) is 3.66. The second kappa shape index (κ2) is 7.70. The summed E-state index contributed by atoms with van der Waals surface area (Å²) >= 11 is 0. The van der Waals surface area contributed by atoms with Crippen LogP contribution in [0.5, 0.6) is 0 Å². The first-order valence-electron chi connectivity index (χ1n) is 7.63. The van der Waals surface area contributed by atoms with Gasteiger partial charge in [0.1, 0.15) is 6.10 Å². The van der Waals surface area contributed by atoms with Gasteiger partial charge in [-0.3, -0.25) is 9.59 Å². The third kappa shape index (κ3) is 4.27. The summed E-state index contributed by atoms with van der Waals surface area (Å²) in [5.41, 5.74) is 1.18. The van der Waals surface area contributed by atoms with E-state index in [2.05, 4.69) is 5.32 Å². The van der Waals surface area contributed by atoms with Gasteiger partial charge in [0, 0.05) is 11.5 Å². The van der Waals surface area contributed by atoms with E-state index in [-0.39, 0.29) is 17.6 Å². The summed E-state index contributed by atoms with van der Waals surface area (Å²) in [4.78, 5) is 24.6. The Morgan fingerprint density at radius 3 is 1.96 bits per heavy atom. The number of aliphatic hydroxyl groups is 1. The average molecular weight is 311 g/mol. The number of carbonyl (C=O) groups is 2. The largest absolute Gasteiger partial charge is 0.383 e. The molecular formula is C19H21NO3. The molecular weight excluding hydrogens is 290 g/mol. The molecule has 0 bridgehead atoms. The molecule has 4 nitrogen and oxygen atoms in total. The van der Waals surface area contributed by atoms with Crippen LogP contribution in [0.25, 0.3) is 0 Å². The predicted molar refractivity (Wildman–Crippen MR) is 88.9 cm³/mol. The summed E-state index contributed by atoms with van der Waals surface area (Å²) in [6.07, 6.45) is -1.29. The molecule has 0 saturated heterocycles. The quantitative estimate of drug-likeness (QED) is 0.862. The van der Waals surface area contributed by atoms with Gasteiger partial charge in [0.2, 0.25) is 0 Å². The van der Waals surface area contributed by atoms with Crippen molar-refractivity contribution in [2.75, 3.05) is 0 Å². The molecule has 0 heterocycles. The van der Waals surface area contributed by atoms with E-state index in [4.69, 9.17) is 0 Å². The monoisotopic (exact) mass is 311 g/mol. The van der Waals surface area contributed by atoms with Crippen LogP contribution >= 0.6 is 0 Å². The number of Topliss-reactive ketones (excluding diaryl/α,β-unsaturated/α-hetero) is 1. The van der Waals surface area contributed by atoms with Crippen molar-refractivity contribution in [2.24, 2.45) is 5.92 Å². The fraction of sp³-hybridized carbons (Fsp3) is 0.263. The molecule has 23 heavy (non-hydrogen) atoms. The van der Waals surface area contributed by atoms with E-state index in [1.54, 1.807) is 50.2 Å². The number of amides is 1. The Hall–Kier alpha value is -2.46. The lowest BCUT2D eigenvalue weighted by Crippen LogP contribution is -2.41. The van der Waals surface area contributed by atoms with Crippen LogP contribution in [0.3, 0.4) is 0 Å². The lowest BCUT2D eigenvalue weighted by molar-refractivity contribution is -0.131. The van der Waals surface area contributed by atoms with Gasteiger partial charge in [-0.25, -0.2) is 0 Å². The van der Waals surface area contributed by atoms with Crippen LogP contribution in [0.4, 0.5) is 0 Å². The smallest absolute Gasteiger partial charge is 0.251 e. The first-order chi connectivity index (χ1) is 11.0. The number of carbonyl (C=O) groups excluding carboxylic acids is 2. The van der Waals surface area contributed by atoms with Crippen molar-refractivity contribution >= 4 is 11.7 Å². The van der Waals surface area contributed by atoms with Gasteiger partial charge in [0.15, 0.2) is 5.78 Å². The number of hydrogen-bond donors (Lipinski definition) is 2. The highest BCUT2D eigenvalue weighted by molar-refractivity contribution is 5.95. The fourth-order valence-corrected chi connectivity index (χ4v) is 2.32. The molecule has 2 N–H and O–H groups in total. The normalized spacial score (nSPS) is 13.4. The number of benzene rings is 2. The summed E-state index contributed by atoms with van der Waals surface area (Å²) in [5.74, 6) is -0.938. The standard InChI is InChI=1S/C19H21NO3/c1-13(2)17(21)18(22)16(14-9-5-3-6-10-14)20-19(23)15-11-7-4-8-12-15/h3-13,16,18,22H,1-2H3,(H,20,23). The van der Waals surface area contributed by atoms with E-state index in [0.29, 0.717) is 11.1 Å². The maximum atomic E-state index is 12.4. The minimum atomic E-state index is -1.29. The molecule has 2 atom stereocenters. The van der Waals surface area contributed by atoms with Gasteiger partial charge in [-0.05, 0) is 17.7 Å². The Morgan fingerprint density at radius 1 is 0.913 bits per heavy atom. The maximum Gasteiger partial charge on any atom is 0.251 e. The predicted octanol–water partition coefficient (Wildman–Crippen LogP) is 2.74. The lowest BCUT2D eigenvalue weighted by Gasteiger charge is -2.25.